The Morgan fingerprint density at radius 2 is 1.87 bits per heavy atom. The predicted molar refractivity (Wildman–Crippen MR) is 59.9 cm³/mol. The number of halogens is 1. The fourth-order valence-corrected chi connectivity index (χ4v) is 1.74. The van der Waals surface area contributed by atoms with Gasteiger partial charge in [0.1, 0.15) is 16.7 Å². The van der Waals surface area contributed by atoms with E-state index in [4.69, 9.17) is 21.1 Å². The molecular weight excluding hydrogens is 214 g/mol. The molecule has 2 rings (SSSR count). The van der Waals surface area contributed by atoms with Crippen LogP contribution in [-0.2, 0) is 0 Å². The lowest BCUT2D eigenvalue weighted by atomic mass is 10.1. The molecule has 0 atom stereocenters. The molecule has 0 fully saturated rings. The molecule has 0 aliphatic rings. The van der Waals surface area contributed by atoms with Crippen LogP contribution in [0.4, 0.5) is 0 Å². The van der Waals surface area contributed by atoms with Gasteiger partial charge < -0.3 is 9.47 Å². The first-order valence-electron chi connectivity index (χ1n) is 4.43. The number of pyridine rings is 1. The van der Waals surface area contributed by atoms with Crippen molar-refractivity contribution in [3.8, 4) is 11.5 Å². The van der Waals surface area contributed by atoms with Gasteiger partial charge in [-0.15, -0.1) is 0 Å². The number of rotatable bonds is 2. The number of ether oxygens (including phenoxy) is 2. The maximum absolute atomic E-state index is 5.99. The van der Waals surface area contributed by atoms with Crippen LogP contribution in [0, 0.1) is 0 Å². The molecule has 1 aromatic carbocycles. The number of methoxy groups -OCH3 is 2. The fraction of sp³-hybridized carbons (Fsp3) is 0.182. The van der Waals surface area contributed by atoms with E-state index in [0.717, 1.165) is 16.5 Å². The number of fused-ring (bicyclic) bond motifs is 1. The van der Waals surface area contributed by atoms with Crippen LogP contribution in [0.3, 0.4) is 0 Å². The van der Waals surface area contributed by atoms with Crippen LogP contribution in [0.1, 0.15) is 0 Å². The van der Waals surface area contributed by atoms with Crippen LogP contribution < -0.4 is 9.47 Å². The molecule has 0 radical (unpaired) electrons. The van der Waals surface area contributed by atoms with Crippen molar-refractivity contribution in [3.05, 3.63) is 29.5 Å². The Labute approximate surface area is 92.6 Å². The molecule has 4 heteroatoms. The predicted octanol–water partition coefficient (Wildman–Crippen LogP) is 2.91. The number of nitrogens with zero attached hydrogens (tertiary/aromatic N) is 1. The van der Waals surface area contributed by atoms with Crippen LogP contribution in [-0.4, -0.2) is 19.2 Å². The molecule has 0 aliphatic heterocycles. The van der Waals surface area contributed by atoms with Crippen molar-refractivity contribution in [3.63, 3.8) is 0 Å². The Kier molecular flexibility index (Phi) is 2.64. The van der Waals surface area contributed by atoms with E-state index in [2.05, 4.69) is 4.98 Å². The monoisotopic (exact) mass is 223 g/mol. The highest BCUT2D eigenvalue weighted by Gasteiger charge is 2.10. The van der Waals surface area contributed by atoms with Gasteiger partial charge in [-0.3, -0.25) is 0 Å². The second-order valence-electron chi connectivity index (χ2n) is 3.00. The van der Waals surface area contributed by atoms with E-state index in [1.807, 2.05) is 18.2 Å². The summed E-state index contributed by atoms with van der Waals surface area (Å²) < 4.78 is 10.5. The van der Waals surface area contributed by atoms with Crippen molar-refractivity contribution in [2.24, 2.45) is 0 Å². The summed E-state index contributed by atoms with van der Waals surface area (Å²) in [4.78, 5) is 4.04. The Bertz CT molecular complexity index is 489. The first-order chi connectivity index (χ1) is 7.27. The minimum atomic E-state index is 0.449. The molecule has 2 aromatic rings. The molecule has 0 amide bonds. The van der Waals surface area contributed by atoms with E-state index in [-0.39, 0.29) is 0 Å². The van der Waals surface area contributed by atoms with Gasteiger partial charge in [0.15, 0.2) is 0 Å². The summed E-state index contributed by atoms with van der Waals surface area (Å²) in [7, 11) is 3.21. The second-order valence-corrected chi connectivity index (χ2v) is 3.36. The second kappa shape index (κ2) is 3.95. The molecule has 0 bridgehead atoms. The summed E-state index contributed by atoms with van der Waals surface area (Å²) in [6, 6.07) is 5.62. The molecule has 0 spiro atoms. The first-order valence-corrected chi connectivity index (χ1v) is 4.81. The standard InChI is InChI=1S/C11H10ClNO2/c1-14-8-5-3-4-7-10(8)9(15-2)6-13-11(7)12/h3-6H,1-2H3. The molecule has 15 heavy (non-hydrogen) atoms. The van der Waals surface area contributed by atoms with E-state index in [0.29, 0.717) is 10.9 Å². The third-order valence-electron chi connectivity index (χ3n) is 2.23. The Hall–Kier alpha value is -1.48. The van der Waals surface area contributed by atoms with Gasteiger partial charge in [-0.1, -0.05) is 23.7 Å². The largest absolute Gasteiger partial charge is 0.496 e. The molecule has 0 saturated heterocycles. The van der Waals surface area contributed by atoms with E-state index >= 15 is 0 Å². The van der Waals surface area contributed by atoms with Crippen LogP contribution in [0.25, 0.3) is 10.8 Å². The van der Waals surface area contributed by atoms with Crippen LogP contribution in [0.2, 0.25) is 5.15 Å². The molecule has 0 N–H and O–H groups in total. The maximum atomic E-state index is 5.99. The Morgan fingerprint density at radius 1 is 1.13 bits per heavy atom. The zero-order valence-corrected chi connectivity index (χ0v) is 9.21. The Morgan fingerprint density at radius 3 is 2.53 bits per heavy atom. The molecule has 3 nitrogen and oxygen atoms in total. The summed E-state index contributed by atoms with van der Waals surface area (Å²) >= 11 is 5.99. The van der Waals surface area contributed by atoms with Crippen molar-refractivity contribution >= 4 is 22.4 Å². The summed E-state index contributed by atoms with van der Waals surface area (Å²) in [5.74, 6) is 1.39. The van der Waals surface area contributed by atoms with Crippen LogP contribution >= 0.6 is 11.6 Å². The zero-order valence-electron chi connectivity index (χ0n) is 8.45. The highest BCUT2D eigenvalue weighted by Crippen LogP contribution is 2.35. The average Bonchev–Trinajstić information content (AvgIpc) is 2.29. The number of benzene rings is 1. The summed E-state index contributed by atoms with van der Waals surface area (Å²) in [5, 5.41) is 2.13. The van der Waals surface area contributed by atoms with Gasteiger partial charge in [0.05, 0.1) is 25.8 Å². The summed E-state index contributed by atoms with van der Waals surface area (Å²) in [5.41, 5.74) is 0. The van der Waals surface area contributed by atoms with E-state index in [1.54, 1.807) is 20.4 Å². The highest BCUT2D eigenvalue weighted by molar-refractivity contribution is 6.34. The van der Waals surface area contributed by atoms with Crippen molar-refractivity contribution in [2.45, 2.75) is 0 Å². The third kappa shape index (κ3) is 1.59. The summed E-state index contributed by atoms with van der Waals surface area (Å²) in [6.45, 7) is 0. The van der Waals surface area contributed by atoms with Crippen LogP contribution in [0.5, 0.6) is 11.5 Å². The van der Waals surface area contributed by atoms with Crippen molar-refractivity contribution in [1.82, 2.24) is 4.98 Å². The van der Waals surface area contributed by atoms with Gasteiger partial charge in [0, 0.05) is 5.39 Å². The number of hydrogen-bond acceptors (Lipinski definition) is 3. The van der Waals surface area contributed by atoms with E-state index < -0.39 is 0 Å². The lowest BCUT2D eigenvalue weighted by molar-refractivity contribution is 0.404. The van der Waals surface area contributed by atoms with Gasteiger partial charge in [-0.25, -0.2) is 4.98 Å². The lowest BCUT2D eigenvalue weighted by Gasteiger charge is -2.09. The molecule has 78 valence electrons. The Balaban J connectivity index is 2.87. The van der Waals surface area contributed by atoms with Gasteiger partial charge in [-0.05, 0) is 6.07 Å². The highest BCUT2D eigenvalue weighted by atomic mass is 35.5. The first kappa shape index (κ1) is 10.1. The topological polar surface area (TPSA) is 31.4 Å². The lowest BCUT2D eigenvalue weighted by Crippen LogP contribution is -1.91. The van der Waals surface area contributed by atoms with Crippen molar-refractivity contribution < 1.29 is 9.47 Å². The smallest absolute Gasteiger partial charge is 0.148 e. The average molecular weight is 224 g/mol. The minimum Gasteiger partial charge on any atom is -0.496 e. The van der Waals surface area contributed by atoms with E-state index in [1.165, 1.54) is 0 Å². The van der Waals surface area contributed by atoms with Gasteiger partial charge in [-0.2, -0.15) is 0 Å². The third-order valence-corrected chi connectivity index (χ3v) is 2.53. The fourth-order valence-electron chi connectivity index (χ4n) is 1.53. The quantitative estimate of drug-likeness (QED) is 0.734. The minimum absolute atomic E-state index is 0.449. The molecule has 0 aliphatic carbocycles. The van der Waals surface area contributed by atoms with Gasteiger partial charge >= 0.3 is 0 Å². The number of hydrogen-bond donors (Lipinski definition) is 0. The van der Waals surface area contributed by atoms with Gasteiger partial charge in [0.25, 0.3) is 0 Å². The van der Waals surface area contributed by atoms with E-state index in [9.17, 15) is 0 Å². The SMILES string of the molecule is COc1cccc2c(Cl)ncc(OC)c12. The molecule has 1 aromatic heterocycles. The molecular formula is C11H10ClNO2. The van der Waals surface area contributed by atoms with Crippen LogP contribution in [0.15, 0.2) is 24.4 Å². The van der Waals surface area contributed by atoms with Crippen molar-refractivity contribution in [2.75, 3.05) is 14.2 Å². The van der Waals surface area contributed by atoms with Gasteiger partial charge in [0.2, 0.25) is 0 Å². The summed E-state index contributed by atoms with van der Waals surface area (Å²) in [6.07, 6.45) is 1.59. The van der Waals surface area contributed by atoms with Crippen molar-refractivity contribution in [1.29, 1.82) is 0 Å². The molecule has 0 saturated carbocycles. The maximum Gasteiger partial charge on any atom is 0.148 e. The molecule has 0 unspecified atom stereocenters. The zero-order chi connectivity index (χ0) is 10.8. The normalized spacial score (nSPS) is 10.3. The number of aromatic nitrogens is 1. The molecule has 1 heterocycles.